The fourth-order valence-corrected chi connectivity index (χ4v) is 2.90. The molecule has 1 aliphatic rings. The summed E-state index contributed by atoms with van der Waals surface area (Å²) in [6.07, 6.45) is 0. The van der Waals surface area contributed by atoms with Crippen molar-refractivity contribution in [3.05, 3.63) is 51.5 Å². The maximum absolute atomic E-state index is 14.0. The lowest BCUT2D eigenvalue weighted by Gasteiger charge is -2.16. The molecule has 5 heteroatoms. The van der Waals surface area contributed by atoms with Gasteiger partial charge in [-0.3, -0.25) is 14.5 Å². The molecule has 3 rings (SSSR count). The lowest BCUT2D eigenvalue weighted by atomic mass is 10.1. The van der Waals surface area contributed by atoms with E-state index in [1.165, 1.54) is 22.3 Å². The van der Waals surface area contributed by atoms with E-state index in [1.54, 1.807) is 13.0 Å². The van der Waals surface area contributed by atoms with E-state index in [4.69, 9.17) is 0 Å². The van der Waals surface area contributed by atoms with Crippen molar-refractivity contribution < 1.29 is 14.0 Å². The molecule has 0 saturated heterocycles. The van der Waals surface area contributed by atoms with Gasteiger partial charge < -0.3 is 0 Å². The Bertz CT molecular complexity index is 679. The van der Waals surface area contributed by atoms with Crippen LogP contribution in [0.25, 0.3) is 0 Å². The quantitative estimate of drug-likeness (QED) is 0.790. The molecule has 0 N–H and O–H groups in total. The maximum Gasteiger partial charge on any atom is 0.299 e. The molecule has 0 spiro atoms. The molecular formula is C14H10FNO2S. The van der Waals surface area contributed by atoms with Crippen LogP contribution in [0.3, 0.4) is 0 Å². The number of benzene rings is 1. The number of Topliss-reactive ketones (excluding diaryl/α,β-unsaturated/α-hetero) is 1. The molecule has 2 aromatic rings. The summed E-state index contributed by atoms with van der Waals surface area (Å²) in [6, 6.07) is 4.75. The minimum atomic E-state index is -0.661. The molecule has 19 heavy (non-hydrogen) atoms. The van der Waals surface area contributed by atoms with Crippen LogP contribution < -0.4 is 4.90 Å². The van der Waals surface area contributed by atoms with Crippen LogP contribution in [-0.2, 0) is 11.3 Å². The number of hydrogen-bond acceptors (Lipinski definition) is 3. The largest absolute Gasteiger partial charge is 0.299 e. The number of carbonyl (C=O) groups excluding carboxylic acids is 2. The predicted octanol–water partition coefficient (Wildman–Crippen LogP) is 2.93. The maximum atomic E-state index is 14.0. The number of fused-ring (bicyclic) bond motifs is 1. The summed E-state index contributed by atoms with van der Waals surface area (Å²) in [5.41, 5.74) is 1.79. The van der Waals surface area contributed by atoms with Crippen molar-refractivity contribution in [3.8, 4) is 0 Å². The van der Waals surface area contributed by atoms with Gasteiger partial charge in [-0.15, -0.1) is 0 Å². The smallest absolute Gasteiger partial charge is 0.298 e. The van der Waals surface area contributed by atoms with Crippen LogP contribution in [0.2, 0.25) is 0 Å². The lowest BCUT2D eigenvalue weighted by molar-refractivity contribution is -0.114. The molecule has 0 radical (unpaired) electrons. The van der Waals surface area contributed by atoms with Gasteiger partial charge in [-0.25, -0.2) is 4.39 Å². The molecule has 0 aliphatic carbocycles. The van der Waals surface area contributed by atoms with Crippen LogP contribution in [0.4, 0.5) is 10.1 Å². The normalized spacial score (nSPS) is 14.1. The van der Waals surface area contributed by atoms with Crippen molar-refractivity contribution in [1.29, 1.82) is 0 Å². The number of amides is 1. The molecule has 1 aliphatic heterocycles. The van der Waals surface area contributed by atoms with Gasteiger partial charge in [0.25, 0.3) is 11.7 Å². The third-order valence-corrected chi connectivity index (χ3v) is 3.81. The summed E-state index contributed by atoms with van der Waals surface area (Å²) >= 11 is 1.50. The van der Waals surface area contributed by atoms with E-state index in [-0.39, 0.29) is 17.8 Å². The highest BCUT2D eigenvalue weighted by molar-refractivity contribution is 7.07. The first kappa shape index (κ1) is 12.0. The molecule has 0 atom stereocenters. The Hall–Kier alpha value is -2.01. The molecule has 0 bridgehead atoms. The minimum Gasteiger partial charge on any atom is -0.298 e. The van der Waals surface area contributed by atoms with E-state index in [1.807, 2.05) is 16.8 Å². The minimum absolute atomic E-state index is 0.104. The van der Waals surface area contributed by atoms with Gasteiger partial charge in [0.05, 0.1) is 17.8 Å². The van der Waals surface area contributed by atoms with Crippen molar-refractivity contribution >= 4 is 28.7 Å². The Labute approximate surface area is 113 Å². The molecule has 1 aromatic heterocycles. The molecule has 0 saturated carbocycles. The Kier molecular flexibility index (Phi) is 2.71. The SMILES string of the molecule is Cc1cc(F)c2c(c1)C(=O)C(=O)N2Cc1ccsc1. The van der Waals surface area contributed by atoms with Gasteiger partial charge in [-0.05, 0) is 47.0 Å². The zero-order chi connectivity index (χ0) is 13.6. The average molecular weight is 275 g/mol. The molecule has 1 aromatic carbocycles. The number of hydrogen-bond donors (Lipinski definition) is 0. The Morgan fingerprint density at radius 2 is 2.11 bits per heavy atom. The van der Waals surface area contributed by atoms with Crippen molar-refractivity contribution in [3.63, 3.8) is 0 Å². The summed E-state index contributed by atoms with van der Waals surface area (Å²) in [5.74, 6) is -1.82. The fraction of sp³-hybridized carbons (Fsp3) is 0.143. The van der Waals surface area contributed by atoms with Gasteiger partial charge in [0, 0.05) is 0 Å². The second kappa shape index (κ2) is 4.28. The summed E-state index contributed by atoms with van der Waals surface area (Å²) in [4.78, 5) is 25.1. The Morgan fingerprint density at radius 3 is 2.79 bits per heavy atom. The van der Waals surface area contributed by atoms with Crippen LogP contribution in [0.15, 0.2) is 29.0 Å². The third-order valence-electron chi connectivity index (χ3n) is 3.08. The molecule has 0 fully saturated rings. The van der Waals surface area contributed by atoms with Crippen molar-refractivity contribution in [2.24, 2.45) is 0 Å². The highest BCUT2D eigenvalue weighted by atomic mass is 32.1. The zero-order valence-corrected chi connectivity index (χ0v) is 11.0. The predicted molar refractivity (Wildman–Crippen MR) is 71.0 cm³/mol. The standard InChI is InChI=1S/C14H10FNO2S/c1-8-4-10-12(11(15)5-8)16(14(18)13(10)17)6-9-2-3-19-7-9/h2-5,7H,6H2,1H3. The number of nitrogens with zero attached hydrogens (tertiary/aromatic N) is 1. The Morgan fingerprint density at radius 1 is 1.32 bits per heavy atom. The number of carbonyl (C=O) groups is 2. The highest BCUT2D eigenvalue weighted by Crippen LogP contribution is 2.34. The van der Waals surface area contributed by atoms with Gasteiger partial charge in [0.15, 0.2) is 0 Å². The van der Waals surface area contributed by atoms with Gasteiger partial charge >= 0.3 is 0 Å². The van der Waals surface area contributed by atoms with E-state index in [0.717, 1.165) is 5.56 Å². The number of anilines is 1. The first-order chi connectivity index (χ1) is 9.08. The number of ketones is 1. The number of rotatable bonds is 2. The molecule has 2 heterocycles. The second-order valence-electron chi connectivity index (χ2n) is 4.49. The van der Waals surface area contributed by atoms with Crippen molar-refractivity contribution in [2.75, 3.05) is 4.90 Å². The lowest BCUT2D eigenvalue weighted by Crippen LogP contribution is -2.29. The molecule has 1 amide bonds. The van der Waals surface area contributed by atoms with Crippen molar-refractivity contribution in [1.82, 2.24) is 0 Å². The molecule has 3 nitrogen and oxygen atoms in total. The average Bonchev–Trinajstić information content (AvgIpc) is 2.93. The van der Waals surface area contributed by atoms with Gasteiger partial charge in [-0.2, -0.15) is 11.3 Å². The summed E-state index contributed by atoms with van der Waals surface area (Å²) in [6.45, 7) is 1.92. The number of halogens is 1. The van der Waals surface area contributed by atoms with E-state index in [9.17, 15) is 14.0 Å². The van der Waals surface area contributed by atoms with Gasteiger partial charge in [-0.1, -0.05) is 0 Å². The van der Waals surface area contributed by atoms with E-state index in [2.05, 4.69) is 0 Å². The van der Waals surface area contributed by atoms with Crippen LogP contribution in [0, 0.1) is 12.7 Å². The van der Waals surface area contributed by atoms with Crippen molar-refractivity contribution in [2.45, 2.75) is 13.5 Å². The van der Waals surface area contributed by atoms with Gasteiger partial charge in [0.1, 0.15) is 5.82 Å². The highest BCUT2D eigenvalue weighted by Gasteiger charge is 2.38. The topological polar surface area (TPSA) is 37.4 Å². The monoisotopic (exact) mass is 275 g/mol. The van der Waals surface area contributed by atoms with Crippen LogP contribution in [-0.4, -0.2) is 11.7 Å². The Balaban J connectivity index is 2.09. The van der Waals surface area contributed by atoms with E-state index < -0.39 is 17.5 Å². The van der Waals surface area contributed by atoms with Gasteiger partial charge in [0.2, 0.25) is 0 Å². The fourth-order valence-electron chi connectivity index (χ4n) is 2.24. The molecule has 96 valence electrons. The van der Waals surface area contributed by atoms with Crippen LogP contribution in [0.1, 0.15) is 21.5 Å². The molecule has 0 unspecified atom stereocenters. The number of aryl methyl sites for hydroxylation is 1. The van der Waals surface area contributed by atoms with E-state index >= 15 is 0 Å². The van der Waals surface area contributed by atoms with Crippen LogP contribution in [0.5, 0.6) is 0 Å². The first-order valence-electron chi connectivity index (χ1n) is 5.75. The van der Waals surface area contributed by atoms with Crippen LogP contribution >= 0.6 is 11.3 Å². The summed E-state index contributed by atoms with van der Waals surface area (Å²) in [5, 5.41) is 3.76. The summed E-state index contributed by atoms with van der Waals surface area (Å²) in [7, 11) is 0. The first-order valence-corrected chi connectivity index (χ1v) is 6.69. The zero-order valence-electron chi connectivity index (χ0n) is 10.1. The molecular weight excluding hydrogens is 265 g/mol. The summed E-state index contributed by atoms with van der Waals surface area (Å²) < 4.78 is 14.0. The number of thiophene rings is 1. The third kappa shape index (κ3) is 1.86. The van der Waals surface area contributed by atoms with E-state index in [0.29, 0.717) is 5.56 Å². The second-order valence-corrected chi connectivity index (χ2v) is 5.27.